The highest BCUT2D eigenvalue weighted by Crippen LogP contribution is 2.24. The zero-order valence-electron chi connectivity index (χ0n) is 95.1. The predicted molar refractivity (Wildman–Crippen MR) is 613 cm³/mol. The number of likely N-dealkylation sites (N-methyl/N-ethyl adjacent to an activating group) is 1. The van der Waals surface area contributed by atoms with Crippen molar-refractivity contribution < 1.29 is 114 Å². The number of esters is 12. The molecule has 0 spiro atoms. The summed E-state index contributed by atoms with van der Waals surface area (Å²) < 4.78 is 65.8. The van der Waals surface area contributed by atoms with Crippen molar-refractivity contribution in [3.8, 4) is 0 Å². The van der Waals surface area contributed by atoms with E-state index >= 15 is 0 Å². The van der Waals surface area contributed by atoms with Crippen LogP contribution in [0.1, 0.15) is 371 Å². The summed E-state index contributed by atoms with van der Waals surface area (Å²) in [6, 6.07) is 0. The van der Waals surface area contributed by atoms with Gasteiger partial charge in [-0.05, 0) is 75.3 Å². The molecule has 1 saturated heterocycles. The molecule has 0 aromatic carbocycles. The SMILES string of the molecule is CCCCCCCCCCCCSCC(C)C(=O)OCCOC(=O)CCN(CCSCC(C)C(=O)OCCOC(=O)CCN(CCCN1CCN(C)CC1)CCC(=O)OCCOC(=O)C(C)CSCCN(CCC(=O)OCCOC(=O)C(C)CSCCCCCCCCCCCC)CCC(=O)OCCOC(=O)C(C)CSCCCCCCCCCCCC)CCC(=O)OCCOC(=O)C(C)CSCCCCCCCCCCCC. The van der Waals surface area contributed by atoms with Gasteiger partial charge in [0.15, 0.2) is 0 Å². The molecule has 1 aliphatic rings. The zero-order chi connectivity index (χ0) is 109. The number of carbonyl (C=O) groups excluding carboxylic acids is 12. The summed E-state index contributed by atoms with van der Waals surface area (Å²) in [4.78, 5) is 167. The van der Waals surface area contributed by atoms with Gasteiger partial charge in [0.25, 0.3) is 0 Å². The van der Waals surface area contributed by atoms with E-state index in [1.807, 2.05) is 42.4 Å². The molecule has 0 radical (unpaired) electrons. The monoisotopic (exact) mass is 2220 g/mol. The fraction of sp³-hybridized carbons (Fsp3) is 0.895. The van der Waals surface area contributed by atoms with Gasteiger partial charge in [-0.1, -0.05) is 300 Å². The Bertz CT molecular complexity index is 2970. The molecule has 0 aliphatic carbocycles. The summed E-state index contributed by atoms with van der Waals surface area (Å²) in [7, 11) is 2.10. The van der Waals surface area contributed by atoms with E-state index in [1.54, 1.807) is 60.9 Å². The van der Waals surface area contributed by atoms with Gasteiger partial charge in [-0.25, -0.2) is 0 Å². The number of piperazine rings is 1. The molecule has 35 heteroatoms. The molecule has 29 nitrogen and oxygen atoms in total. The first-order valence-corrected chi connectivity index (χ1v) is 65.2. The van der Waals surface area contributed by atoms with E-state index in [0.717, 1.165) is 87.8 Å². The molecule has 1 rings (SSSR count). The summed E-state index contributed by atoms with van der Waals surface area (Å²) in [5.74, 6) is 1.22. The van der Waals surface area contributed by atoms with E-state index < -0.39 is 59.6 Å². The van der Waals surface area contributed by atoms with Crippen LogP contribution in [0.4, 0.5) is 0 Å². The minimum Gasteiger partial charge on any atom is -0.462 e. The van der Waals surface area contributed by atoms with Crippen LogP contribution in [0.5, 0.6) is 0 Å². The van der Waals surface area contributed by atoms with E-state index in [2.05, 4.69) is 44.5 Å². The number of ether oxygens (including phenoxy) is 12. The lowest BCUT2D eigenvalue weighted by molar-refractivity contribution is -0.154. The van der Waals surface area contributed by atoms with E-state index in [0.29, 0.717) is 78.7 Å². The molecule has 0 aromatic rings. The second kappa shape index (κ2) is 104. The first-order chi connectivity index (χ1) is 72.3. The predicted octanol–water partition coefficient (Wildman–Crippen LogP) is 22.3. The second-order valence-electron chi connectivity index (χ2n) is 40.4. The van der Waals surface area contributed by atoms with Crippen LogP contribution in [0.15, 0.2) is 0 Å². The molecule has 6 unspecified atom stereocenters. The van der Waals surface area contributed by atoms with Gasteiger partial charge >= 0.3 is 71.6 Å². The normalized spacial score (nSPS) is 13.6. The van der Waals surface area contributed by atoms with Crippen LogP contribution < -0.4 is 0 Å². The highest BCUT2D eigenvalue weighted by Gasteiger charge is 2.26. The summed E-state index contributed by atoms with van der Waals surface area (Å²) in [6.45, 7) is 26.5. The third-order valence-corrected chi connectivity index (χ3v) is 33.8. The average Bonchev–Trinajstić information content (AvgIpc) is 0.917. The quantitative estimate of drug-likeness (QED) is 0.0310. The van der Waals surface area contributed by atoms with Crippen molar-refractivity contribution in [2.75, 3.05) is 247 Å². The average molecular weight is 2230 g/mol. The second-order valence-corrected chi connectivity index (χ2v) is 47.3. The van der Waals surface area contributed by atoms with Crippen molar-refractivity contribution in [2.24, 2.45) is 35.5 Å². The molecule has 1 aliphatic heterocycles. The van der Waals surface area contributed by atoms with E-state index in [9.17, 15) is 57.5 Å². The molecule has 870 valence electrons. The molecule has 0 aromatic heterocycles. The Kier molecular flexibility index (Phi) is 99.4. The number of hydrogen-bond acceptors (Lipinski definition) is 35. The van der Waals surface area contributed by atoms with Crippen LogP contribution in [0.2, 0.25) is 0 Å². The van der Waals surface area contributed by atoms with E-state index in [-0.39, 0.29) is 192 Å². The maximum absolute atomic E-state index is 13.2. The smallest absolute Gasteiger partial charge is 0.309 e. The summed E-state index contributed by atoms with van der Waals surface area (Å²) in [5, 5.41) is 0. The highest BCUT2D eigenvalue weighted by molar-refractivity contribution is 8.00. The summed E-state index contributed by atoms with van der Waals surface area (Å²) in [5.41, 5.74) is 0. The van der Waals surface area contributed by atoms with Crippen molar-refractivity contribution in [2.45, 2.75) is 371 Å². The Balaban J connectivity index is 2.79. The Morgan fingerprint density at radius 3 is 0.570 bits per heavy atom. The molecular weight excluding hydrogens is 2020 g/mol. The molecule has 0 N–H and O–H groups in total. The molecule has 149 heavy (non-hydrogen) atoms. The lowest BCUT2D eigenvalue weighted by Crippen LogP contribution is -2.45. The van der Waals surface area contributed by atoms with Gasteiger partial charge in [-0.3, -0.25) is 57.5 Å². The van der Waals surface area contributed by atoms with Gasteiger partial charge < -0.3 is 81.3 Å². The Hall–Kier alpha value is -4.46. The fourth-order valence-corrected chi connectivity index (χ4v) is 22.6. The van der Waals surface area contributed by atoms with Gasteiger partial charge in [0.05, 0.1) is 74.0 Å². The summed E-state index contributed by atoms with van der Waals surface area (Å²) >= 11 is 10.1. The number of hydrogen-bond donors (Lipinski definition) is 0. The van der Waals surface area contributed by atoms with Crippen LogP contribution in [0, 0.1) is 35.5 Å². The molecular formula is C114H209N5O24S6. The molecule has 0 saturated carbocycles. The van der Waals surface area contributed by atoms with Gasteiger partial charge in [0.2, 0.25) is 0 Å². The zero-order valence-corrected chi connectivity index (χ0v) is 100.0. The van der Waals surface area contributed by atoms with Gasteiger partial charge in [-0.15, -0.1) is 0 Å². The van der Waals surface area contributed by atoms with Crippen molar-refractivity contribution in [3.05, 3.63) is 0 Å². The number of carbonyl (C=O) groups is 12. The third kappa shape index (κ3) is 91.2. The molecule has 1 fully saturated rings. The van der Waals surface area contributed by atoms with Crippen molar-refractivity contribution >= 4 is 142 Å². The maximum atomic E-state index is 13.2. The number of thioether (sulfide) groups is 6. The molecule has 0 bridgehead atoms. The number of nitrogens with zero attached hydrogens (tertiary/aromatic N) is 5. The Morgan fingerprint density at radius 1 is 0.208 bits per heavy atom. The Morgan fingerprint density at radius 2 is 0.376 bits per heavy atom. The highest BCUT2D eigenvalue weighted by atomic mass is 32.2. The first-order valence-electron chi connectivity index (χ1n) is 58.3. The largest absolute Gasteiger partial charge is 0.462 e. The van der Waals surface area contributed by atoms with Crippen molar-refractivity contribution in [1.82, 2.24) is 24.5 Å². The lowest BCUT2D eigenvalue weighted by atomic mass is 10.1. The van der Waals surface area contributed by atoms with Crippen LogP contribution in [0.3, 0.4) is 0 Å². The van der Waals surface area contributed by atoms with Gasteiger partial charge in [0, 0.05) is 125 Å². The van der Waals surface area contributed by atoms with E-state index in [4.69, 9.17) is 56.8 Å². The molecule has 0 amide bonds. The third-order valence-electron chi connectivity index (χ3n) is 26.2. The molecule has 6 atom stereocenters. The van der Waals surface area contributed by atoms with E-state index in [1.165, 1.54) is 255 Å². The van der Waals surface area contributed by atoms with Crippen molar-refractivity contribution in [3.63, 3.8) is 0 Å². The lowest BCUT2D eigenvalue weighted by Gasteiger charge is -2.33. The Labute approximate surface area is 928 Å². The maximum Gasteiger partial charge on any atom is 0.309 e. The number of rotatable bonds is 108. The number of unbranched alkanes of at least 4 members (excludes halogenated alkanes) is 36. The molecule has 1 heterocycles. The van der Waals surface area contributed by atoms with Crippen LogP contribution in [0.25, 0.3) is 0 Å². The minimum absolute atomic E-state index is 0.00938. The van der Waals surface area contributed by atoms with Crippen LogP contribution >= 0.6 is 70.6 Å². The van der Waals surface area contributed by atoms with Crippen LogP contribution in [-0.2, 0) is 114 Å². The topological polar surface area (TPSA) is 332 Å². The van der Waals surface area contributed by atoms with Crippen LogP contribution in [-0.4, -0.2) is 343 Å². The standard InChI is InChI=1S/C114H209N5O24S6/c1-12-16-20-24-28-32-36-40-44-48-85-144-91-97(5)109(126)138-79-75-134-105(122)55-63-118(64-56-106(123)135-76-80-139-110(127)98(6)92-145-86-49-45-41-37-33-29-25-21-17-13-2)71-89-148-95-101(9)113(130)142-83-73-132-103(120)53-61-116(59-52-60-117-69-67-115(11)68-70-117)62-54-104(121)133-74-84-143-114(131)102(10)96-149-90-72-119(65-57-107(124)136-77-81-140-111(128)99(7)93-146-87-50-46-42-38-34-30-26-22-18-14-3)66-58-108(125)137-78-82-141-112(129)100(8)94-147-88-51-47-43-39-35-31-27-23-19-15-4/h97-102H,12-96H2,1-11H3. The summed E-state index contributed by atoms with van der Waals surface area (Å²) in [6.07, 6.45) is 51.9. The van der Waals surface area contributed by atoms with Gasteiger partial charge in [0.1, 0.15) is 79.3 Å². The first kappa shape index (κ1) is 143. The fourth-order valence-electron chi connectivity index (χ4n) is 16.3. The van der Waals surface area contributed by atoms with Gasteiger partial charge in [-0.2, -0.15) is 70.6 Å². The minimum atomic E-state index is -0.517. The van der Waals surface area contributed by atoms with Crippen molar-refractivity contribution in [1.29, 1.82) is 0 Å².